The largest absolute Gasteiger partial charge is 0.497 e. The number of sulfonamides is 1. The molecule has 2 atom stereocenters. The minimum absolute atomic E-state index is 0.0637. The topological polar surface area (TPSA) is 75.3 Å². The number of rotatable bonds is 5. The maximum atomic E-state index is 12.9. The van der Waals surface area contributed by atoms with Crippen LogP contribution in [0.5, 0.6) is 5.75 Å². The Bertz CT molecular complexity index is 894. The number of hydrogen-bond donors (Lipinski definition) is 1. The number of aromatic nitrogens is 2. The van der Waals surface area contributed by atoms with E-state index in [-0.39, 0.29) is 30.5 Å². The first-order valence-corrected chi connectivity index (χ1v) is 10.0. The summed E-state index contributed by atoms with van der Waals surface area (Å²) in [6.07, 6.45) is -4.56. The van der Waals surface area contributed by atoms with E-state index in [1.165, 1.54) is 11.4 Å². The molecule has 2 heterocycles. The predicted molar refractivity (Wildman–Crippen MR) is 93.1 cm³/mol. The standard InChI is InChI=1S/C17H20F3N3O3S/c1-3-27(24,25)23-9-13(11-4-6-12(26-2)7-5-11)14(10-23)15-8-16(22-21-15)17(18,19)20/h4-8,13-14H,3,9-10H2,1-2H3,(H,21,22)/t13-,14+/m0/s1. The number of alkyl halides is 3. The van der Waals surface area contributed by atoms with Crippen LogP contribution in [0, 0.1) is 0 Å². The van der Waals surface area contributed by atoms with Crippen molar-refractivity contribution in [3.63, 3.8) is 0 Å². The van der Waals surface area contributed by atoms with E-state index in [0.29, 0.717) is 5.75 Å². The van der Waals surface area contributed by atoms with Gasteiger partial charge < -0.3 is 4.74 Å². The molecule has 0 unspecified atom stereocenters. The number of halogens is 3. The van der Waals surface area contributed by atoms with Crippen LogP contribution < -0.4 is 4.74 Å². The molecule has 0 radical (unpaired) electrons. The lowest BCUT2D eigenvalue weighted by Crippen LogP contribution is -2.30. The third-order valence-corrected chi connectivity index (χ3v) is 6.69. The maximum absolute atomic E-state index is 12.9. The van der Waals surface area contributed by atoms with E-state index in [0.717, 1.165) is 11.6 Å². The lowest BCUT2D eigenvalue weighted by Gasteiger charge is -2.17. The van der Waals surface area contributed by atoms with Crippen LogP contribution in [0.2, 0.25) is 0 Å². The van der Waals surface area contributed by atoms with Gasteiger partial charge in [0.25, 0.3) is 0 Å². The van der Waals surface area contributed by atoms with E-state index in [1.807, 2.05) is 0 Å². The van der Waals surface area contributed by atoms with E-state index in [1.54, 1.807) is 31.2 Å². The molecule has 1 aromatic heterocycles. The van der Waals surface area contributed by atoms with Crippen LogP contribution in [0.25, 0.3) is 0 Å². The number of hydrogen-bond acceptors (Lipinski definition) is 4. The quantitative estimate of drug-likeness (QED) is 0.833. The molecule has 10 heteroatoms. The summed E-state index contributed by atoms with van der Waals surface area (Å²) in [6.45, 7) is 1.85. The van der Waals surface area contributed by atoms with Gasteiger partial charge in [-0.15, -0.1) is 0 Å². The molecule has 1 aliphatic heterocycles. The maximum Gasteiger partial charge on any atom is 0.435 e. The average Bonchev–Trinajstić information content (AvgIpc) is 3.28. The van der Waals surface area contributed by atoms with Gasteiger partial charge in [0.1, 0.15) is 5.75 Å². The van der Waals surface area contributed by atoms with Crippen molar-refractivity contribution in [1.29, 1.82) is 0 Å². The molecule has 1 saturated heterocycles. The molecule has 0 aliphatic carbocycles. The summed E-state index contributed by atoms with van der Waals surface area (Å²) in [5, 5.41) is 5.81. The minimum atomic E-state index is -4.56. The predicted octanol–water partition coefficient (Wildman–Crippen LogP) is 2.97. The Morgan fingerprint density at radius 1 is 1.22 bits per heavy atom. The fraction of sp³-hybridized carbons (Fsp3) is 0.471. The summed E-state index contributed by atoms with van der Waals surface area (Å²) in [5.74, 6) is -0.166. The Morgan fingerprint density at radius 2 is 1.85 bits per heavy atom. The fourth-order valence-electron chi connectivity index (χ4n) is 3.35. The summed E-state index contributed by atoms with van der Waals surface area (Å²) in [4.78, 5) is 0. The van der Waals surface area contributed by atoms with Crippen LogP contribution in [0.1, 0.15) is 35.7 Å². The third-order valence-electron chi connectivity index (χ3n) is 4.88. The number of benzene rings is 1. The first-order valence-electron chi connectivity index (χ1n) is 8.40. The van der Waals surface area contributed by atoms with Crippen LogP contribution in [-0.2, 0) is 16.2 Å². The van der Waals surface area contributed by atoms with E-state index < -0.39 is 27.8 Å². The van der Waals surface area contributed by atoms with E-state index >= 15 is 0 Å². The van der Waals surface area contributed by atoms with Gasteiger partial charge in [0.05, 0.1) is 12.9 Å². The zero-order chi connectivity index (χ0) is 19.8. The van der Waals surface area contributed by atoms with Crippen molar-refractivity contribution >= 4 is 10.0 Å². The lowest BCUT2D eigenvalue weighted by molar-refractivity contribution is -0.141. The SMILES string of the molecule is CCS(=O)(=O)N1C[C@@H](c2ccc(OC)cc2)[C@H](c2cc(C(F)(F)F)n[nH]2)C1. The van der Waals surface area contributed by atoms with Crippen LogP contribution >= 0.6 is 0 Å². The van der Waals surface area contributed by atoms with Gasteiger partial charge in [0, 0.05) is 30.6 Å². The van der Waals surface area contributed by atoms with E-state index in [2.05, 4.69) is 10.2 Å². The van der Waals surface area contributed by atoms with Crippen LogP contribution in [0.15, 0.2) is 30.3 Å². The zero-order valence-electron chi connectivity index (χ0n) is 14.8. The van der Waals surface area contributed by atoms with Crippen LogP contribution in [0.4, 0.5) is 13.2 Å². The van der Waals surface area contributed by atoms with Crippen LogP contribution in [-0.4, -0.2) is 48.9 Å². The number of aromatic amines is 1. The highest BCUT2D eigenvalue weighted by atomic mass is 32.2. The molecule has 1 fully saturated rings. The van der Waals surface area contributed by atoms with Crippen molar-refractivity contribution in [2.24, 2.45) is 0 Å². The highest BCUT2D eigenvalue weighted by Crippen LogP contribution is 2.41. The second kappa shape index (κ2) is 7.16. The van der Waals surface area contributed by atoms with Gasteiger partial charge in [-0.25, -0.2) is 12.7 Å². The number of nitrogens with zero attached hydrogens (tertiary/aromatic N) is 2. The molecule has 0 amide bonds. The molecule has 1 N–H and O–H groups in total. The fourth-order valence-corrected chi connectivity index (χ4v) is 4.49. The zero-order valence-corrected chi connectivity index (χ0v) is 15.6. The van der Waals surface area contributed by atoms with Crippen molar-refractivity contribution in [2.75, 3.05) is 26.0 Å². The molecule has 1 aromatic carbocycles. The monoisotopic (exact) mass is 403 g/mol. The average molecular weight is 403 g/mol. The van der Waals surface area contributed by atoms with Gasteiger partial charge in [-0.2, -0.15) is 18.3 Å². The number of methoxy groups -OCH3 is 1. The summed E-state index contributed by atoms with van der Waals surface area (Å²) in [5.41, 5.74) is 0.0949. The Kier molecular flexibility index (Phi) is 5.22. The Hall–Kier alpha value is -2.07. The molecule has 0 bridgehead atoms. The van der Waals surface area contributed by atoms with Crippen molar-refractivity contribution in [3.05, 3.63) is 47.3 Å². The third kappa shape index (κ3) is 3.96. The minimum Gasteiger partial charge on any atom is -0.497 e. The molecule has 3 rings (SSSR count). The second-order valence-electron chi connectivity index (χ2n) is 6.41. The van der Waals surface area contributed by atoms with Crippen molar-refractivity contribution in [1.82, 2.24) is 14.5 Å². The highest BCUT2D eigenvalue weighted by molar-refractivity contribution is 7.89. The molecule has 0 saturated carbocycles. The van der Waals surface area contributed by atoms with E-state index in [4.69, 9.17) is 4.74 Å². The number of ether oxygens (including phenoxy) is 1. The lowest BCUT2D eigenvalue weighted by atomic mass is 9.86. The van der Waals surface area contributed by atoms with Gasteiger partial charge in [0.15, 0.2) is 5.69 Å². The Labute approximate surface area is 155 Å². The Morgan fingerprint density at radius 3 is 2.37 bits per heavy atom. The number of nitrogens with one attached hydrogen (secondary N) is 1. The van der Waals surface area contributed by atoms with E-state index in [9.17, 15) is 21.6 Å². The molecule has 2 aromatic rings. The first kappa shape index (κ1) is 19.7. The van der Waals surface area contributed by atoms with Gasteiger partial charge in [-0.1, -0.05) is 12.1 Å². The molecule has 148 valence electrons. The van der Waals surface area contributed by atoms with Crippen LogP contribution in [0.3, 0.4) is 0 Å². The summed E-state index contributed by atoms with van der Waals surface area (Å²) < 4.78 is 69.8. The summed E-state index contributed by atoms with van der Waals surface area (Å²) >= 11 is 0. The molecule has 27 heavy (non-hydrogen) atoms. The van der Waals surface area contributed by atoms with Crippen molar-refractivity contribution in [3.8, 4) is 5.75 Å². The molecule has 6 nitrogen and oxygen atoms in total. The first-order chi connectivity index (χ1) is 12.7. The molecule has 1 aliphatic rings. The van der Waals surface area contributed by atoms with Gasteiger partial charge in [0.2, 0.25) is 10.0 Å². The van der Waals surface area contributed by atoms with Gasteiger partial charge >= 0.3 is 6.18 Å². The summed E-state index contributed by atoms with van der Waals surface area (Å²) in [7, 11) is -1.93. The number of H-pyrrole nitrogens is 1. The van der Waals surface area contributed by atoms with Crippen molar-refractivity contribution in [2.45, 2.75) is 24.9 Å². The highest BCUT2D eigenvalue weighted by Gasteiger charge is 2.42. The second-order valence-corrected chi connectivity index (χ2v) is 8.67. The molecule has 0 spiro atoms. The normalized spacial score (nSPS) is 21.5. The van der Waals surface area contributed by atoms with Gasteiger partial charge in [-0.05, 0) is 30.7 Å². The summed E-state index contributed by atoms with van der Waals surface area (Å²) in [6, 6.07) is 8.07. The smallest absolute Gasteiger partial charge is 0.435 e. The van der Waals surface area contributed by atoms with Gasteiger partial charge in [-0.3, -0.25) is 5.10 Å². The Balaban J connectivity index is 1.97. The molecular weight excluding hydrogens is 383 g/mol. The molecular formula is C17H20F3N3O3S. The van der Waals surface area contributed by atoms with Crippen molar-refractivity contribution < 1.29 is 26.3 Å².